The molecule has 0 fully saturated rings. The molecule has 3 nitrogen and oxygen atoms in total. The zero-order valence-electron chi connectivity index (χ0n) is 11.6. The summed E-state index contributed by atoms with van der Waals surface area (Å²) in [5, 5.41) is 12.0. The Balaban J connectivity index is 2.16. The van der Waals surface area contributed by atoms with Crippen LogP contribution in [0.5, 0.6) is 11.5 Å². The summed E-state index contributed by atoms with van der Waals surface area (Å²) in [5.74, 6) is 0.333. The van der Waals surface area contributed by atoms with Crippen LogP contribution in [-0.2, 0) is 6.61 Å². The van der Waals surface area contributed by atoms with E-state index < -0.39 is 5.82 Å². The molecule has 2 N–H and O–H groups in total. The third kappa shape index (κ3) is 3.35. The van der Waals surface area contributed by atoms with E-state index in [2.05, 4.69) is 5.32 Å². The molecule has 0 saturated heterocycles. The van der Waals surface area contributed by atoms with E-state index in [1.807, 2.05) is 20.0 Å². The van der Waals surface area contributed by atoms with Crippen LogP contribution in [0, 0.1) is 5.82 Å². The quantitative estimate of drug-likeness (QED) is 0.879. The largest absolute Gasteiger partial charge is 0.454 e. The van der Waals surface area contributed by atoms with Gasteiger partial charge in [-0.25, -0.2) is 4.39 Å². The number of rotatable bonds is 5. The van der Waals surface area contributed by atoms with E-state index in [1.54, 1.807) is 30.3 Å². The van der Waals surface area contributed by atoms with Gasteiger partial charge >= 0.3 is 0 Å². The SMILES string of the molecule is CNC(C)c1ccc(Oc2ccc(CO)cc2)c(F)c1. The van der Waals surface area contributed by atoms with Crippen molar-refractivity contribution in [3.8, 4) is 11.5 Å². The minimum absolute atomic E-state index is 0.0226. The van der Waals surface area contributed by atoms with Crippen LogP contribution >= 0.6 is 0 Å². The fourth-order valence-corrected chi connectivity index (χ4v) is 1.83. The third-order valence-corrected chi connectivity index (χ3v) is 3.22. The molecule has 1 unspecified atom stereocenters. The number of hydrogen-bond acceptors (Lipinski definition) is 3. The summed E-state index contributed by atoms with van der Waals surface area (Å²) < 4.78 is 19.5. The molecule has 2 rings (SSSR count). The molecule has 0 heterocycles. The van der Waals surface area contributed by atoms with Gasteiger partial charge in [-0.05, 0) is 49.4 Å². The summed E-state index contributed by atoms with van der Waals surface area (Å²) >= 11 is 0. The van der Waals surface area contributed by atoms with E-state index in [4.69, 9.17) is 9.84 Å². The van der Waals surface area contributed by atoms with E-state index in [9.17, 15) is 4.39 Å². The molecule has 0 aliphatic rings. The van der Waals surface area contributed by atoms with Gasteiger partial charge < -0.3 is 15.2 Å². The first kappa shape index (κ1) is 14.5. The van der Waals surface area contributed by atoms with Crippen LogP contribution in [0.15, 0.2) is 42.5 Å². The molecule has 0 saturated carbocycles. The van der Waals surface area contributed by atoms with E-state index in [-0.39, 0.29) is 18.4 Å². The fraction of sp³-hybridized carbons (Fsp3) is 0.250. The molecule has 106 valence electrons. The van der Waals surface area contributed by atoms with Crippen molar-refractivity contribution in [2.45, 2.75) is 19.6 Å². The summed E-state index contributed by atoms with van der Waals surface area (Å²) in [6.07, 6.45) is 0. The average molecular weight is 275 g/mol. The second-order valence-corrected chi connectivity index (χ2v) is 4.60. The molecule has 0 aliphatic carbocycles. The molecular formula is C16H18FNO2. The van der Waals surface area contributed by atoms with E-state index in [0.717, 1.165) is 11.1 Å². The zero-order chi connectivity index (χ0) is 14.5. The van der Waals surface area contributed by atoms with Crippen LogP contribution in [0.25, 0.3) is 0 Å². The monoisotopic (exact) mass is 275 g/mol. The Hall–Kier alpha value is -1.91. The molecule has 0 radical (unpaired) electrons. The Morgan fingerprint density at radius 3 is 2.45 bits per heavy atom. The lowest BCUT2D eigenvalue weighted by atomic mass is 10.1. The topological polar surface area (TPSA) is 41.5 Å². The van der Waals surface area contributed by atoms with Crippen molar-refractivity contribution in [3.63, 3.8) is 0 Å². The standard InChI is InChI=1S/C16H18FNO2/c1-11(18-2)13-5-8-16(15(17)9-13)20-14-6-3-12(10-19)4-7-14/h3-9,11,18-19H,10H2,1-2H3. The molecule has 0 bridgehead atoms. The normalized spacial score (nSPS) is 12.2. The highest BCUT2D eigenvalue weighted by Gasteiger charge is 2.09. The number of ether oxygens (including phenoxy) is 1. The lowest BCUT2D eigenvalue weighted by molar-refractivity contribution is 0.281. The number of hydrogen-bond donors (Lipinski definition) is 2. The Morgan fingerprint density at radius 1 is 1.20 bits per heavy atom. The second-order valence-electron chi connectivity index (χ2n) is 4.60. The zero-order valence-corrected chi connectivity index (χ0v) is 11.6. The lowest BCUT2D eigenvalue weighted by Gasteiger charge is -2.13. The number of aliphatic hydroxyl groups is 1. The highest BCUT2D eigenvalue weighted by molar-refractivity contribution is 5.36. The Bertz CT molecular complexity index is 569. The maximum atomic E-state index is 14.0. The van der Waals surface area contributed by atoms with Crippen molar-refractivity contribution >= 4 is 0 Å². The van der Waals surface area contributed by atoms with Gasteiger partial charge in [0, 0.05) is 6.04 Å². The van der Waals surface area contributed by atoms with Gasteiger partial charge in [0.25, 0.3) is 0 Å². The maximum Gasteiger partial charge on any atom is 0.166 e. The van der Waals surface area contributed by atoms with Crippen LogP contribution in [0.4, 0.5) is 4.39 Å². The number of benzene rings is 2. The van der Waals surface area contributed by atoms with Gasteiger partial charge in [-0.2, -0.15) is 0 Å². The molecule has 0 spiro atoms. The van der Waals surface area contributed by atoms with E-state index >= 15 is 0 Å². The lowest BCUT2D eigenvalue weighted by Crippen LogP contribution is -2.12. The predicted octanol–water partition coefficient (Wildman–Crippen LogP) is 3.39. The summed E-state index contributed by atoms with van der Waals surface area (Å²) in [6.45, 7) is 1.94. The number of aliphatic hydroxyl groups excluding tert-OH is 1. The Labute approximate surface area is 118 Å². The van der Waals surface area contributed by atoms with Gasteiger partial charge in [-0.3, -0.25) is 0 Å². The summed E-state index contributed by atoms with van der Waals surface area (Å²) in [7, 11) is 1.83. The van der Waals surface area contributed by atoms with E-state index in [1.165, 1.54) is 6.07 Å². The van der Waals surface area contributed by atoms with Crippen molar-refractivity contribution in [2.24, 2.45) is 0 Å². The molecular weight excluding hydrogens is 257 g/mol. The third-order valence-electron chi connectivity index (χ3n) is 3.22. The summed E-state index contributed by atoms with van der Waals surface area (Å²) in [5.41, 5.74) is 1.66. The van der Waals surface area contributed by atoms with Crippen LogP contribution < -0.4 is 10.1 Å². The van der Waals surface area contributed by atoms with Crippen molar-refractivity contribution in [3.05, 3.63) is 59.4 Å². The summed E-state index contributed by atoms with van der Waals surface area (Å²) in [4.78, 5) is 0. The molecule has 4 heteroatoms. The average Bonchev–Trinajstić information content (AvgIpc) is 2.49. The summed E-state index contributed by atoms with van der Waals surface area (Å²) in [6, 6.07) is 11.9. The van der Waals surface area contributed by atoms with Gasteiger partial charge in [-0.1, -0.05) is 18.2 Å². The Kier molecular flexibility index (Phi) is 4.71. The highest BCUT2D eigenvalue weighted by Crippen LogP contribution is 2.27. The molecule has 0 aromatic heterocycles. The van der Waals surface area contributed by atoms with Crippen LogP contribution in [0.2, 0.25) is 0 Å². The molecule has 20 heavy (non-hydrogen) atoms. The minimum atomic E-state index is -0.393. The van der Waals surface area contributed by atoms with Crippen molar-refractivity contribution in [1.82, 2.24) is 5.32 Å². The first-order valence-electron chi connectivity index (χ1n) is 6.48. The first-order valence-corrected chi connectivity index (χ1v) is 6.48. The van der Waals surface area contributed by atoms with Crippen LogP contribution in [0.1, 0.15) is 24.1 Å². The minimum Gasteiger partial charge on any atom is -0.454 e. The smallest absolute Gasteiger partial charge is 0.166 e. The van der Waals surface area contributed by atoms with Gasteiger partial charge in [0.05, 0.1) is 6.61 Å². The first-order chi connectivity index (χ1) is 9.63. The van der Waals surface area contributed by atoms with Gasteiger partial charge in [0.2, 0.25) is 0 Å². The molecule has 2 aromatic rings. The van der Waals surface area contributed by atoms with Gasteiger partial charge in [0.15, 0.2) is 11.6 Å². The number of halogens is 1. The highest BCUT2D eigenvalue weighted by atomic mass is 19.1. The predicted molar refractivity (Wildman–Crippen MR) is 76.3 cm³/mol. The fourth-order valence-electron chi connectivity index (χ4n) is 1.83. The van der Waals surface area contributed by atoms with Crippen LogP contribution in [-0.4, -0.2) is 12.2 Å². The van der Waals surface area contributed by atoms with E-state index in [0.29, 0.717) is 5.75 Å². The second kappa shape index (κ2) is 6.50. The molecule has 2 aromatic carbocycles. The van der Waals surface area contributed by atoms with Crippen molar-refractivity contribution in [2.75, 3.05) is 7.05 Å². The van der Waals surface area contributed by atoms with Crippen LogP contribution in [0.3, 0.4) is 0 Å². The molecule has 0 amide bonds. The van der Waals surface area contributed by atoms with Gasteiger partial charge in [0.1, 0.15) is 5.75 Å². The Morgan fingerprint density at radius 2 is 1.90 bits per heavy atom. The van der Waals surface area contributed by atoms with Crippen molar-refractivity contribution < 1.29 is 14.2 Å². The van der Waals surface area contributed by atoms with Crippen molar-refractivity contribution in [1.29, 1.82) is 0 Å². The van der Waals surface area contributed by atoms with Gasteiger partial charge in [-0.15, -0.1) is 0 Å². The number of nitrogens with one attached hydrogen (secondary N) is 1. The maximum absolute atomic E-state index is 14.0. The molecule has 0 aliphatic heterocycles. The molecule has 1 atom stereocenters.